The summed E-state index contributed by atoms with van der Waals surface area (Å²) >= 11 is 0. The maximum Gasteiger partial charge on any atom is 0.221 e. The molecule has 0 saturated carbocycles. The molecule has 0 aliphatic rings. The molecule has 0 bridgehead atoms. The van der Waals surface area contributed by atoms with Crippen molar-refractivity contribution in [1.82, 2.24) is 4.98 Å². The van der Waals surface area contributed by atoms with E-state index in [4.69, 9.17) is 9.84 Å². The Labute approximate surface area is 124 Å². The molecule has 5 nitrogen and oxygen atoms in total. The second-order valence-corrected chi connectivity index (χ2v) is 4.99. The van der Waals surface area contributed by atoms with Crippen molar-refractivity contribution in [3.05, 3.63) is 42.0 Å². The molecule has 5 heteroatoms. The van der Waals surface area contributed by atoms with Crippen molar-refractivity contribution >= 4 is 5.82 Å². The number of benzene rings is 1. The minimum atomic E-state index is 0.0441. The van der Waals surface area contributed by atoms with Gasteiger partial charge in [0.15, 0.2) is 0 Å². The summed E-state index contributed by atoms with van der Waals surface area (Å²) in [7, 11) is 0. The molecule has 1 aromatic carbocycles. The summed E-state index contributed by atoms with van der Waals surface area (Å²) in [5.41, 5.74) is 0.835. The fourth-order valence-corrected chi connectivity index (χ4v) is 1.93. The molecule has 1 heterocycles. The zero-order chi connectivity index (χ0) is 15.2. The highest BCUT2D eigenvalue weighted by molar-refractivity contribution is 5.43. The number of aliphatic hydroxyl groups excluding tert-OH is 1. The Kier molecular flexibility index (Phi) is 5.00. The van der Waals surface area contributed by atoms with Gasteiger partial charge in [0.2, 0.25) is 5.88 Å². The first-order chi connectivity index (χ1) is 10.1. The minimum absolute atomic E-state index is 0.0441. The van der Waals surface area contributed by atoms with Gasteiger partial charge in [-0.15, -0.1) is 0 Å². The van der Waals surface area contributed by atoms with E-state index in [0.29, 0.717) is 24.0 Å². The van der Waals surface area contributed by atoms with E-state index in [1.54, 1.807) is 24.3 Å². The normalized spacial score (nSPS) is 10.7. The molecule has 112 valence electrons. The molecule has 3 N–H and O–H groups in total. The summed E-state index contributed by atoms with van der Waals surface area (Å²) in [5, 5.41) is 21.6. The van der Waals surface area contributed by atoms with Crippen molar-refractivity contribution in [1.29, 1.82) is 0 Å². The largest absolute Gasteiger partial charge is 0.508 e. The van der Waals surface area contributed by atoms with E-state index in [9.17, 15) is 5.11 Å². The van der Waals surface area contributed by atoms with E-state index in [0.717, 1.165) is 5.56 Å². The Bertz CT molecular complexity index is 600. The number of hydrogen-bond donors (Lipinski definition) is 3. The summed E-state index contributed by atoms with van der Waals surface area (Å²) in [4.78, 5) is 4.30. The molecule has 0 radical (unpaired) electrons. The van der Waals surface area contributed by atoms with Gasteiger partial charge in [0, 0.05) is 18.2 Å². The van der Waals surface area contributed by atoms with Crippen molar-refractivity contribution < 1.29 is 14.9 Å². The molecular formula is C16H20N2O3. The third kappa shape index (κ3) is 4.10. The number of nitrogens with zero attached hydrogens (tertiary/aromatic N) is 1. The predicted octanol–water partition coefficient (Wildman–Crippen LogP) is 3.11. The third-order valence-corrected chi connectivity index (χ3v) is 2.98. The zero-order valence-electron chi connectivity index (χ0n) is 12.2. The summed E-state index contributed by atoms with van der Waals surface area (Å²) in [5.74, 6) is 2.20. The number of phenols is 1. The number of aromatic hydroxyl groups is 1. The summed E-state index contributed by atoms with van der Waals surface area (Å²) in [6, 6.07) is 10.5. The van der Waals surface area contributed by atoms with Gasteiger partial charge in [-0.1, -0.05) is 19.9 Å². The molecule has 0 saturated heterocycles. The fourth-order valence-electron chi connectivity index (χ4n) is 1.93. The molecule has 1 aromatic heterocycles. The summed E-state index contributed by atoms with van der Waals surface area (Å²) in [6.45, 7) is 4.50. The average Bonchev–Trinajstić information content (AvgIpc) is 2.47. The van der Waals surface area contributed by atoms with Crippen LogP contribution in [0.15, 0.2) is 36.4 Å². The van der Waals surface area contributed by atoms with Crippen LogP contribution in [-0.4, -0.2) is 28.3 Å². The highest BCUT2D eigenvalue weighted by Gasteiger charge is 2.08. The topological polar surface area (TPSA) is 74.6 Å². The SMILES string of the molecule is CC(C)c1cc(Oc2cccc(NCCO)n2)ccc1O. The Balaban J connectivity index is 2.16. The van der Waals surface area contributed by atoms with Gasteiger partial charge in [0.05, 0.1) is 6.61 Å². The number of aliphatic hydroxyl groups is 1. The van der Waals surface area contributed by atoms with Gasteiger partial charge in [-0.2, -0.15) is 4.98 Å². The van der Waals surface area contributed by atoms with E-state index >= 15 is 0 Å². The summed E-state index contributed by atoms with van der Waals surface area (Å²) in [6.07, 6.45) is 0. The highest BCUT2D eigenvalue weighted by Crippen LogP contribution is 2.31. The standard InChI is InChI=1S/C16H20N2O3/c1-11(2)13-10-12(6-7-14(13)20)21-16-5-3-4-15(18-16)17-8-9-19/h3-7,10-11,19-20H,8-9H2,1-2H3,(H,17,18). The molecule has 0 aliphatic carbocycles. The van der Waals surface area contributed by atoms with Crippen molar-refractivity contribution in [3.63, 3.8) is 0 Å². The Hall–Kier alpha value is -2.27. The predicted molar refractivity (Wildman–Crippen MR) is 82.1 cm³/mol. The van der Waals surface area contributed by atoms with Gasteiger partial charge < -0.3 is 20.3 Å². The van der Waals surface area contributed by atoms with Crippen LogP contribution in [0.3, 0.4) is 0 Å². The lowest BCUT2D eigenvalue weighted by Gasteiger charge is -2.12. The molecule has 2 aromatic rings. The van der Waals surface area contributed by atoms with Gasteiger partial charge in [-0.05, 0) is 30.2 Å². The van der Waals surface area contributed by atoms with E-state index < -0.39 is 0 Å². The number of hydrogen-bond acceptors (Lipinski definition) is 5. The van der Waals surface area contributed by atoms with Crippen LogP contribution in [0.5, 0.6) is 17.4 Å². The maximum absolute atomic E-state index is 9.81. The van der Waals surface area contributed by atoms with Crippen molar-refractivity contribution in [3.8, 4) is 17.4 Å². The zero-order valence-corrected chi connectivity index (χ0v) is 12.2. The van der Waals surface area contributed by atoms with Crippen LogP contribution < -0.4 is 10.1 Å². The first-order valence-corrected chi connectivity index (χ1v) is 6.92. The first-order valence-electron chi connectivity index (χ1n) is 6.92. The number of rotatable bonds is 6. The molecule has 2 rings (SSSR count). The minimum Gasteiger partial charge on any atom is -0.508 e. The van der Waals surface area contributed by atoms with Crippen molar-refractivity contribution in [2.45, 2.75) is 19.8 Å². The quantitative estimate of drug-likeness (QED) is 0.761. The lowest BCUT2D eigenvalue weighted by atomic mass is 10.0. The van der Waals surface area contributed by atoms with Crippen LogP contribution in [0.1, 0.15) is 25.3 Å². The Morgan fingerprint density at radius 1 is 1.24 bits per heavy atom. The smallest absolute Gasteiger partial charge is 0.221 e. The van der Waals surface area contributed by atoms with Gasteiger partial charge in [0.25, 0.3) is 0 Å². The maximum atomic E-state index is 9.81. The van der Waals surface area contributed by atoms with Gasteiger partial charge in [0.1, 0.15) is 17.3 Å². The Morgan fingerprint density at radius 3 is 2.76 bits per heavy atom. The molecular weight excluding hydrogens is 268 g/mol. The lowest BCUT2D eigenvalue weighted by Crippen LogP contribution is -2.06. The molecule has 0 spiro atoms. The molecule has 0 unspecified atom stereocenters. The molecule has 0 aliphatic heterocycles. The number of pyridine rings is 1. The Morgan fingerprint density at radius 2 is 2.05 bits per heavy atom. The molecule has 0 amide bonds. The van der Waals surface area contributed by atoms with E-state index in [1.165, 1.54) is 0 Å². The number of ether oxygens (including phenoxy) is 1. The van der Waals surface area contributed by atoms with Crippen LogP contribution in [0.25, 0.3) is 0 Å². The van der Waals surface area contributed by atoms with E-state index in [1.807, 2.05) is 26.0 Å². The third-order valence-electron chi connectivity index (χ3n) is 2.98. The van der Waals surface area contributed by atoms with Crippen LogP contribution in [0.4, 0.5) is 5.82 Å². The van der Waals surface area contributed by atoms with Crippen LogP contribution in [0.2, 0.25) is 0 Å². The lowest BCUT2D eigenvalue weighted by molar-refractivity contribution is 0.311. The van der Waals surface area contributed by atoms with Gasteiger partial charge >= 0.3 is 0 Å². The fraction of sp³-hybridized carbons (Fsp3) is 0.312. The van der Waals surface area contributed by atoms with Crippen LogP contribution >= 0.6 is 0 Å². The van der Waals surface area contributed by atoms with Crippen LogP contribution in [-0.2, 0) is 0 Å². The highest BCUT2D eigenvalue weighted by atomic mass is 16.5. The molecule has 0 fully saturated rings. The second kappa shape index (κ2) is 6.95. The number of aromatic nitrogens is 1. The van der Waals surface area contributed by atoms with Crippen molar-refractivity contribution in [2.24, 2.45) is 0 Å². The van der Waals surface area contributed by atoms with Crippen molar-refractivity contribution in [2.75, 3.05) is 18.5 Å². The number of anilines is 1. The molecule has 0 atom stereocenters. The van der Waals surface area contributed by atoms with Gasteiger partial charge in [-0.3, -0.25) is 0 Å². The average molecular weight is 288 g/mol. The van der Waals surface area contributed by atoms with Crippen LogP contribution in [0, 0.1) is 0 Å². The molecule has 21 heavy (non-hydrogen) atoms. The summed E-state index contributed by atoms with van der Waals surface area (Å²) < 4.78 is 5.72. The van der Waals surface area contributed by atoms with Gasteiger partial charge in [-0.25, -0.2) is 0 Å². The monoisotopic (exact) mass is 288 g/mol. The first kappa shape index (κ1) is 15.1. The number of nitrogens with one attached hydrogen (secondary N) is 1. The number of phenolic OH excluding ortho intramolecular Hbond substituents is 1. The van der Waals surface area contributed by atoms with E-state index in [-0.39, 0.29) is 18.3 Å². The van der Waals surface area contributed by atoms with E-state index in [2.05, 4.69) is 10.3 Å². The second-order valence-electron chi connectivity index (χ2n) is 4.99.